The van der Waals surface area contributed by atoms with Gasteiger partial charge in [-0.15, -0.1) is 0 Å². The maximum atomic E-state index is 2.76. The number of fused-ring (bicyclic) bond motifs is 10. The predicted molar refractivity (Wildman–Crippen MR) is 251 cm³/mol. The fourth-order valence-corrected chi connectivity index (χ4v) is 11.4. The summed E-state index contributed by atoms with van der Waals surface area (Å²) >= 11 is 0. The van der Waals surface area contributed by atoms with E-state index in [1.165, 1.54) is 111 Å². The minimum atomic E-state index is -0.224. The first kappa shape index (κ1) is 34.7. The summed E-state index contributed by atoms with van der Waals surface area (Å²) in [5, 5.41) is 2.56. The van der Waals surface area contributed by atoms with Gasteiger partial charge in [-0.05, 0) is 113 Å². The molecule has 3 aliphatic heterocycles. The SMILES string of the molecule is CC(C)(C)c1cc2c3c(c1)N1c4cc5ccccc5cc4C(C)(C)c4cccc(c41)B3N(c1cccc3c1C(C)(C)c1ccccc1-3)c1cc(-c3ccccc3)ccc1-2. The molecule has 0 aromatic heterocycles. The molecule has 0 saturated heterocycles. The van der Waals surface area contributed by atoms with E-state index in [-0.39, 0.29) is 23.1 Å². The van der Waals surface area contributed by atoms with Crippen molar-refractivity contribution in [3.05, 3.63) is 186 Å². The molecule has 0 bridgehead atoms. The van der Waals surface area contributed by atoms with Crippen LogP contribution in [0.1, 0.15) is 76.3 Å². The molecular formula is C56H47BN2. The van der Waals surface area contributed by atoms with E-state index in [4.69, 9.17) is 0 Å². The van der Waals surface area contributed by atoms with Gasteiger partial charge in [-0.1, -0.05) is 176 Å². The fraction of sp³-hybridized carbons (Fsp3) is 0.179. The molecule has 0 spiro atoms. The van der Waals surface area contributed by atoms with E-state index in [1.54, 1.807) is 0 Å². The van der Waals surface area contributed by atoms with Crippen molar-refractivity contribution in [3.8, 4) is 33.4 Å². The topological polar surface area (TPSA) is 6.48 Å². The summed E-state index contributed by atoms with van der Waals surface area (Å²) < 4.78 is 0. The summed E-state index contributed by atoms with van der Waals surface area (Å²) in [6.07, 6.45) is 0. The highest BCUT2D eigenvalue weighted by atomic mass is 15.2. The van der Waals surface area contributed by atoms with E-state index in [0.717, 1.165) is 0 Å². The van der Waals surface area contributed by atoms with Gasteiger partial charge in [-0.2, -0.15) is 0 Å². The van der Waals surface area contributed by atoms with Gasteiger partial charge in [0.05, 0.1) is 5.69 Å². The van der Waals surface area contributed by atoms with Crippen LogP contribution in [0.25, 0.3) is 44.2 Å². The van der Waals surface area contributed by atoms with Crippen LogP contribution >= 0.6 is 0 Å². The van der Waals surface area contributed by atoms with Crippen LogP contribution in [0.5, 0.6) is 0 Å². The first-order chi connectivity index (χ1) is 28.4. The molecule has 0 saturated carbocycles. The zero-order valence-corrected chi connectivity index (χ0v) is 35.0. The number of para-hydroxylation sites is 1. The molecular weight excluding hydrogens is 711 g/mol. The van der Waals surface area contributed by atoms with Crippen LogP contribution in [0.2, 0.25) is 0 Å². The molecule has 0 amide bonds. The second-order valence-electron chi connectivity index (χ2n) is 19.4. The number of anilines is 5. The third kappa shape index (κ3) is 4.59. The molecule has 0 atom stereocenters. The molecule has 3 heteroatoms. The number of nitrogens with zero attached hydrogens (tertiary/aromatic N) is 2. The van der Waals surface area contributed by atoms with Gasteiger partial charge in [-0.3, -0.25) is 0 Å². The minimum absolute atomic E-state index is 0.0671. The largest absolute Gasteiger partial charge is 0.376 e. The Morgan fingerprint density at radius 2 is 1.15 bits per heavy atom. The van der Waals surface area contributed by atoms with Crippen LogP contribution in [0.15, 0.2) is 158 Å². The van der Waals surface area contributed by atoms with Gasteiger partial charge < -0.3 is 9.71 Å². The van der Waals surface area contributed by atoms with Crippen LogP contribution in [0.4, 0.5) is 28.4 Å². The molecule has 12 rings (SSSR count). The Morgan fingerprint density at radius 1 is 0.458 bits per heavy atom. The Balaban J connectivity index is 1.23. The van der Waals surface area contributed by atoms with Gasteiger partial charge in [0.25, 0.3) is 0 Å². The summed E-state index contributed by atoms with van der Waals surface area (Å²) in [6, 6.07) is 60.3. The van der Waals surface area contributed by atoms with Crippen molar-refractivity contribution in [1.82, 2.24) is 0 Å². The maximum absolute atomic E-state index is 2.76. The smallest absolute Gasteiger partial charge is 0.333 e. The average molecular weight is 759 g/mol. The first-order valence-electron chi connectivity index (χ1n) is 21.3. The first-order valence-corrected chi connectivity index (χ1v) is 21.3. The van der Waals surface area contributed by atoms with Gasteiger partial charge in [0.15, 0.2) is 0 Å². The summed E-state index contributed by atoms with van der Waals surface area (Å²) in [5.74, 6) is 0. The van der Waals surface area contributed by atoms with E-state index >= 15 is 0 Å². The molecule has 0 fully saturated rings. The van der Waals surface area contributed by atoms with E-state index in [2.05, 4.69) is 216 Å². The summed E-state index contributed by atoms with van der Waals surface area (Å²) in [6.45, 7) is 16.8. The van der Waals surface area contributed by atoms with Crippen LogP contribution in [0, 0.1) is 0 Å². The third-order valence-corrected chi connectivity index (χ3v) is 14.3. The van der Waals surface area contributed by atoms with Crippen molar-refractivity contribution in [2.24, 2.45) is 0 Å². The molecule has 4 aliphatic rings. The van der Waals surface area contributed by atoms with E-state index in [9.17, 15) is 0 Å². The van der Waals surface area contributed by atoms with Crippen molar-refractivity contribution in [3.63, 3.8) is 0 Å². The highest BCUT2D eigenvalue weighted by Crippen LogP contribution is 2.58. The average Bonchev–Trinajstić information content (AvgIpc) is 3.48. The highest BCUT2D eigenvalue weighted by molar-refractivity contribution is 6.93. The number of hydrogen-bond donors (Lipinski definition) is 0. The summed E-state index contributed by atoms with van der Waals surface area (Å²) in [4.78, 5) is 5.42. The van der Waals surface area contributed by atoms with Crippen molar-refractivity contribution in [1.29, 1.82) is 0 Å². The van der Waals surface area contributed by atoms with Crippen molar-refractivity contribution < 1.29 is 0 Å². The predicted octanol–water partition coefficient (Wildman–Crippen LogP) is 13.5. The molecule has 0 N–H and O–H groups in total. The molecule has 1 aliphatic carbocycles. The monoisotopic (exact) mass is 758 g/mol. The lowest BCUT2D eigenvalue weighted by atomic mass is 9.42. The number of benzene rings is 8. The fourth-order valence-electron chi connectivity index (χ4n) is 11.4. The minimum Gasteiger partial charge on any atom is -0.376 e. The van der Waals surface area contributed by atoms with E-state index < -0.39 is 0 Å². The van der Waals surface area contributed by atoms with Crippen molar-refractivity contribution in [2.45, 2.75) is 64.7 Å². The Morgan fingerprint density at radius 3 is 1.95 bits per heavy atom. The van der Waals surface area contributed by atoms with E-state index in [1.807, 2.05) is 0 Å². The molecule has 8 aromatic carbocycles. The molecule has 3 heterocycles. The molecule has 8 aromatic rings. The second-order valence-corrected chi connectivity index (χ2v) is 19.4. The van der Waals surface area contributed by atoms with E-state index in [0.29, 0.717) is 0 Å². The molecule has 0 radical (unpaired) electrons. The van der Waals surface area contributed by atoms with Gasteiger partial charge in [0, 0.05) is 39.1 Å². The van der Waals surface area contributed by atoms with Crippen LogP contribution in [0.3, 0.4) is 0 Å². The lowest BCUT2D eigenvalue weighted by Gasteiger charge is -2.51. The van der Waals surface area contributed by atoms with Gasteiger partial charge in [0.2, 0.25) is 0 Å². The Hall–Kier alpha value is -6.32. The van der Waals surface area contributed by atoms with Gasteiger partial charge in [-0.25, -0.2) is 0 Å². The third-order valence-electron chi connectivity index (χ3n) is 14.3. The highest BCUT2D eigenvalue weighted by Gasteiger charge is 2.51. The van der Waals surface area contributed by atoms with Crippen LogP contribution in [-0.4, -0.2) is 6.85 Å². The Kier molecular flexibility index (Phi) is 6.86. The van der Waals surface area contributed by atoms with Crippen molar-refractivity contribution >= 4 is 57.0 Å². The van der Waals surface area contributed by atoms with Gasteiger partial charge in [0.1, 0.15) is 0 Å². The summed E-state index contributed by atoms with van der Waals surface area (Å²) in [5.41, 5.74) is 23.4. The zero-order chi connectivity index (χ0) is 40.2. The Bertz CT molecular complexity index is 3110. The lowest BCUT2D eigenvalue weighted by molar-refractivity contribution is 0.590. The van der Waals surface area contributed by atoms with Crippen LogP contribution < -0.4 is 20.6 Å². The van der Waals surface area contributed by atoms with Crippen LogP contribution in [-0.2, 0) is 16.2 Å². The normalized spacial score (nSPS) is 15.9. The molecule has 284 valence electrons. The molecule has 59 heavy (non-hydrogen) atoms. The quantitative estimate of drug-likeness (QED) is 0.162. The van der Waals surface area contributed by atoms with Crippen molar-refractivity contribution in [2.75, 3.05) is 9.71 Å². The van der Waals surface area contributed by atoms with Gasteiger partial charge >= 0.3 is 6.85 Å². The molecule has 2 nitrogen and oxygen atoms in total. The summed E-state index contributed by atoms with van der Waals surface area (Å²) in [7, 11) is 0. The maximum Gasteiger partial charge on any atom is 0.333 e. The number of rotatable bonds is 2. The second kappa shape index (κ2) is 11.7. The number of hydrogen-bond acceptors (Lipinski definition) is 2. The molecule has 0 unspecified atom stereocenters. The lowest BCUT2D eigenvalue weighted by Crippen LogP contribution is -2.63. The Labute approximate surface area is 348 Å². The standard InChI is InChI=1S/C56H47BN2/c1-54(2,3)38-32-42-40-28-27-37(34-17-9-8-10-18-34)30-48(40)59(47-26-15-22-41-39-21-13-14-23-43(39)56(6,7)51(41)47)57-46-25-16-24-44-53(46)58(50(33-38)52(42)57)49-31-36-20-12-11-19-35(36)29-45(49)55(44,4)5/h8-33H,1-7H3. The zero-order valence-electron chi connectivity index (χ0n) is 35.0.